The van der Waals surface area contributed by atoms with E-state index in [2.05, 4.69) is 5.32 Å². The van der Waals surface area contributed by atoms with Gasteiger partial charge in [-0.25, -0.2) is 8.42 Å². The first-order chi connectivity index (χ1) is 19.4. The lowest BCUT2D eigenvalue weighted by Crippen LogP contribution is -2.53. The zero-order chi connectivity index (χ0) is 30.3. The van der Waals surface area contributed by atoms with E-state index in [1.165, 1.54) is 35.2 Å². The van der Waals surface area contributed by atoms with Crippen molar-refractivity contribution in [2.75, 3.05) is 10.8 Å². The highest BCUT2D eigenvalue weighted by atomic mass is 35.5. The summed E-state index contributed by atoms with van der Waals surface area (Å²) in [6.45, 7) is 4.75. The third-order valence-corrected chi connectivity index (χ3v) is 9.88. The predicted molar refractivity (Wildman–Crippen MR) is 166 cm³/mol. The van der Waals surface area contributed by atoms with Crippen molar-refractivity contribution in [3.63, 3.8) is 0 Å². The number of sulfonamides is 1. The van der Waals surface area contributed by atoms with Gasteiger partial charge in [-0.2, -0.15) is 0 Å². The Balaban J connectivity index is 2.13. The predicted octanol–water partition coefficient (Wildman–Crippen LogP) is 7.22. The molecular formula is C29H31Cl4N3O4S. The van der Waals surface area contributed by atoms with Crippen LogP contribution >= 0.6 is 46.4 Å². The minimum Gasteiger partial charge on any atom is -0.352 e. The molecule has 0 aliphatic carbocycles. The molecule has 3 aromatic rings. The zero-order valence-electron chi connectivity index (χ0n) is 22.8. The van der Waals surface area contributed by atoms with Gasteiger partial charge >= 0.3 is 0 Å². The first kappa shape index (κ1) is 33.0. The Morgan fingerprint density at radius 2 is 1.41 bits per heavy atom. The van der Waals surface area contributed by atoms with Crippen molar-refractivity contribution in [2.45, 2.75) is 57.1 Å². The summed E-state index contributed by atoms with van der Waals surface area (Å²) in [5.74, 6) is -1.04. The number of carbonyl (C=O) groups excluding carboxylic acids is 2. The molecule has 1 N–H and O–H groups in total. The van der Waals surface area contributed by atoms with Crippen molar-refractivity contribution < 1.29 is 18.0 Å². The Bertz CT molecular complexity index is 1470. The van der Waals surface area contributed by atoms with Gasteiger partial charge in [0.1, 0.15) is 12.6 Å². The van der Waals surface area contributed by atoms with Gasteiger partial charge in [-0.1, -0.05) is 90.6 Å². The van der Waals surface area contributed by atoms with Crippen LogP contribution in [0.3, 0.4) is 0 Å². The molecule has 2 amide bonds. The molecule has 3 aromatic carbocycles. The van der Waals surface area contributed by atoms with Crippen molar-refractivity contribution in [2.24, 2.45) is 0 Å². The molecule has 3 rings (SSSR count). The lowest BCUT2D eigenvalue weighted by atomic mass is 10.1. The summed E-state index contributed by atoms with van der Waals surface area (Å²) in [5, 5.41) is 3.61. The minimum absolute atomic E-state index is 0.0178. The van der Waals surface area contributed by atoms with Crippen LogP contribution in [-0.2, 0) is 26.2 Å². The Hall–Kier alpha value is -2.49. The molecule has 0 heterocycles. The Morgan fingerprint density at radius 3 is 2.00 bits per heavy atom. The fourth-order valence-electron chi connectivity index (χ4n) is 4.13. The quantitative estimate of drug-likeness (QED) is 0.223. The van der Waals surface area contributed by atoms with Crippen molar-refractivity contribution in [1.29, 1.82) is 0 Å². The molecule has 0 aromatic heterocycles. The number of carbonyl (C=O) groups is 2. The average Bonchev–Trinajstić information content (AvgIpc) is 2.95. The smallest absolute Gasteiger partial charge is 0.264 e. The van der Waals surface area contributed by atoms with Gasteiger partial charge in [-0.05, 0) is 56.2 Å². The van der Waals surface area contributed by atoms with E-state index in [1.807, 2.05) is 13.8 Å². The largest absolute Gasteiger partial charge is 0.352 e. The van der Waals surface area contributed by atoms with E-state index < -0.39 is 28.5 Å². The van der Waals surface area contributed by atoms with E-state index in [9.17, 15) is 18.0 Å². The summed E-state index contributed by atoms with van der Waals surface area (Å²) >= 11 is 25.6. The molecular weight excluding hydrogens is 628 g/mol. The molecule has 0 aliphatic heterocycles. The number of hydrogen-bond donors (Lipinski definition) is 1. The normalized spacial score (nSPS) is 12.9. The van der Waals surface area contributed by atoms with E-state index >= 15 is 0 Å². The molecule has 7 nitrogen and oxygen atoms in total. The highest BCUT2D eigenvalue weighted by Gasteiger charge is 2.35. The van der Waals surface area contributed by atoms with Crippen LogP contribution in [0.2, 0.25) is 20.1 Å². The first-order valence-corrected chi connectivity index (χ1v) is 15.9. The fraction of sp³-hybridized carbons (Fsp3) is 0.310. The Kier molecular flexibility index (Phi) is 11.8. The van der Waals surface area contributed by atoms with Gasteiger partial charge in [0.25, 0.3) is 10.0 Å². The maximum atomic E-state index is 14.2. The molecule has 0 saturated carbocycles. The maximum absolute atomic E-state index is 14.2. The second kappa shape index (κ2) is 14.6. The van der Waals surface area contributed by atoms with Gasteiger partial charge in [0.2, 0.25) is 11.8 Å². The summed E-state index contributed by atoms with van der Waals surface area (Å²) in [7, 11) is -4.30. The number of rotatable bonds is 12. The van der Waals surface area contributed by atoms with Gasteiger partial charge in [-0.15, -0.1) is 0 Å². The third kappa shape index (κ3) is 7.87. The first-order valence-electron chi connectivity index (χ1n) is 13.0. The van der Waals surface area contributed by atoms with Crippen molar-refractivity contribution in [1.82, 2.24) is 10.2 Å². The van der Waals surface area contributed by atoms with Crippen LogP contribution in [0.5, 0.6) is 0 Å². The van der Waals surface area contributed by atoms with Crippen LogP contribution in [0.15, 0.2) is 71.6 Å². The van der Waals surface area contributed by atoms with Gasteiger partial charge in [0.05, 0.1) is 20.6 Å². The summed E-state index contributed by atoms with van der Waals surface area (Å²) in [4.78, 5) is 28.8. The minimum atomic E-state index is -4.30. The standard InChI is InChI=1S/C29H31Cl4N3O4S/c1-4-19(3)34-29(38)25(5-2)35(17-21-22(30)13-9-14-23(21)31)27(37)18-36(26-16-10-15-24(32)28(26)33)41(39,40)20-11-7-6-8-12-20/h6-16,19,25H,4-5,17-18H2,1-3H3,(H,34,38)/t19-,25+/m1/s1. The van der Waals surface area contributed by atoms with Gasteiger partial charge in [-0.3, -0.25) is 13.9 Å². The number of nitrogens with one attached hydrogen (secondary N) is 1. The highest BCUT2D eigenvalue weighted by molar-refractivity contribution is 7.92. The number of anilines is 1. The molecule has 12 heteroatoms. The topological polar surface area (TPSA) is 86.8 Å². The number of hydrogen-bond acceptors (Lipinski definition) is 4. The Morgan fingerprint density at radius 1 is 0.829 bits per heavy atom. The number of halogens is 4. The van der Waals surface area contributed by atoms with Crippen molar-refractivity contribution >= 4 is 73.9 Å². The summed E-state index contributed by atoms with van der Waals surface area (Å²) in [6, 6.07) is 16.0. The molecule has 0 radical (unpaired) electrons. The molecule has 0 aliphatic rings. The van der Waals surface area contributed by atoms with E-state index in [-0.39, 0.29) is 45.5 Å². The van der Waals surface area contributed by atoms with Crippen LogP contribution in [0, 0.1) is 0 Å². The Labute approximate surface area is 261 Å². The third-order valence-electron chi connectivity index (χ3n) is 6.59. The monoisotopic (exact) mass is 657 g/mol. The summed E-state index contributed by atoms with van der Waals surface area (Å²) < 4.78 is 28.7. The molecule has 0 fully saturated rings. The van der Waals surface area contributed by atoms with Crippen LogP contribution in [0.1, 0.15) is 39.2 Å². The highest BCUT2D eigenvalue weighted by Crippen LogP contribution is 2.36. The fourth-order valence-corrected chi connectivity index (χ4v) is 6.54. The number of nitrogens with zero attached hydrogens (tertiary/aromatic N) is 2. The van der Waals surface area contributed by atoms with E-state index in [0.29, 0.717) is 22.0 Å². The second-order valence-electron chi connectivity index (χ2n) is 9.36. The molecule has 0 unspecified atom stereocenters. The van der Waals surface area contributed by atoms with Gasteiger partial charge < -0.3 is 10.2 Å². The van der Waals surface area contributed by atoms with Crippen molar-refractivity contribution in [3.8, 4) is 0 Å². The molecule has 220 valence electrons. The van der Waals surface area contributed by atoms with E-state index in [0.717, 1.165) is 4.31 Å². The number of benzene rings is 3. The molecule has 2 atom stereocenters. The SMILES string of the molecule is CC[C@@H](C)NC(=O)[C@H](CC)N(Cc1c(Cl)cccc1Cl)C(=O)CN(c1cccc(Cl)c1Cl)S(=O)(=O)c1ccccc1. The lowest BCUT2D eigenvalue weighted by Gasteiger charge is -2.34. The molecule has 0 spiro atoms. The number of amides is 2. The van der Waals surface area contributed by atoms with Crippen LogP contribution in [0.4, 0.5) is 5.69 Å². The van der Waals surface area contributed by atoms with Gasteiger partial charge in [0.15, 0.2) is 0 Å². The summed E-state index contributed by atoms with van der Waals surface area (Å²) in [5.41, 5.74) is 0.446. The second-order valence-corrected chi connectivity index (χ2v) is 12.8. The average molecular weight is 659 g/mol. The molecule has 0 bridgehead atoms. The zero-order valence-corrected chi connectivity index (χ0v) is 26.6. The molecule has 41 heavy (non-hydrogen) atoms. The van der Waals surface area contributed by atoms with Crippen LogP contribution < -0.4 is 9.62 Å². The van der Waals surface area contributed by atoms with E-state index in [1.54, 1.807) is 43.3 Å². The van der Waals surface area contributed by atoms with E-state index in [4.69, 9.17) is 46.4 Å². The van der Waals surface area contributed by atoms with Crippen LogP contribution in [0.25, 0.3) is 0 Å². The molecule has 0 saturated heterocycles. The van der Waals surface area contributed by atoms with Crippen molar-refractivity contribution in [3.05, 3.63) is 92.4 Å². The summed E-state index contributed by atoms with van der Waals surface area (Å²) in [6.07, 6.45) is 0.933. The lowest BCUT2D eigenvalue weighted by molar-refractivity contribution is -0.140. The van der Waals surface area contributed by atoms with Gasteiger partial charge in [0, 0.05) is 28.2 Å². The van der Waals surface area contributed by atoms with Crippen LogP contribution in [-0.4, -0.2) is 43.8 Å². The maximum Gasteiger partial charge on any atom is 0.264 e.